The third kappa shape index (κ3) is 3.71. The van der Waals surface area contributed by atoms with Gasteiger partial charge in [0.05, 0.1) is 0 Å². The van der Waals surface area contributed by atoms with Crippen LogP contribution in [0.1, 0.15) is 36.9 Å². The van der Waals surface area contributed by atoms with E-state index in [-0.39, 0.29) is 12.4 Å². The van der Waals surface area contributed by atoms with E-state index in [0.29, 0.717) is 12.0 Å². The fourth-order valence-corrected chi connectivity index (χ4v) is 2.78. The van der Waals surface area contributed by atoms with Crippen LogP contribution in [0.2, 0.25) is 0 Å². The average molecular weight is 269 g/mol. The number of hydrogen-bond donors (Lipinski definition) is 1. The molecule has 18 heavy (non-hydrogen) atoms. The summed E-state index contributed by atoms with van der Waals surface area (Å²) in [5, 5.41) is 0. The van der Waals surface area contributed by atoms with Crippen LogP contribution in [0.4, 0.5) is 0 Å². The molecule has 0 aliphatic carbocycles. The Bertz CT molecular complexity index is 367. The van der Waals surface area contributed by atoms with Gasteiger partial charge in [0, 0.05) is 12.6 Å². The topological polar surface area (TPSA) is 29.3 Å². The van der Waals surface area contributed by atoms with Crippen molar-refractivity contribution in [1.82, 2.24) is 4.90 Å². The number of nitrogens with two attached hydrogens (primary N) is 1. The third-order valence-electron chi connectivity index (χ3n) is 3.96. The minimum absolute atomic E-state index is 0. The fourth-order valence-electron chi connectivity index (χ4n) is 2.78. The predicted molar refractivity (Wildman–Crippen MR) is 80.2 cm³/mol. The van der Waals surface area contributed by atoms with E-state index >= 15 is 0 Å². The molecule has 2 rings (SSSR count). The maximum absolute atomic E-state index is 5.80. The lowest BCUT2D eigenvalue weighted by molar-refractivity contribution is 0.134. The van der Waals surface area contributed by atoms with Crippen LogP contribution in [0, 0.1) is 12.8 Å². The average Bonchev–Trinajstić information content (AvgIpc) is 2.38. The van der Waals surface area contributed by atoms with E-state index in [1.807, 2.05) is 0 Å². The molecule has 2 N–H and O–H groups in total. The van der Waals surface area contributed by atoms with Gasteiger partial charge >= 0.3 is 0 Å². The highest BCUT2D eigenvalue weighted by molar-refractivity contribution is 5.85. The molecule has 102 valence electrons. The number of benzene rings is 1. The summed E-state index contributed by atoms with van der Waals surface area (Å²) in [5.74, 6) is 0.691. The Labute approximate surface area is 117 Å². The van der Waals surface area contributed by atoms with Crippen LogP contribution in [-0.4, -0.2) is 24.5 Å². The van der Waals surface area contributed by atoms with Crippen LogP contribution >= 0.6 is 12.4 Å². The molecule has 1 aliphatic rings. The van der Waals surface area contributed by atoms with E-state index in [0.717, 1.165) is 13.1 Å². The monoisotopic (exact) mass is 268 g/mol. The number of nitrogens with zero attached hydrogens (tertiary/aromatic N) is 1. The Hall–Kier alpha value is -0.570. The van der Waals surface area contributed by atoms with Crippen molar-refractivity contribution in [1.29, 1.82) is 0 Å². The van der Waals surface area contributed by atoms with E-state index in [9.17, 15) is 0 Å². The van der Waals surface area contributed by atoms with Gasteiger partial charge in [-0.15, -0.1) is 12.4 Å². The molecule has 3 heteroatoms. The second-order valence-corrected chi connectivity index (χ2v) is 5.33. The zero-order valence-corrected chi connectivity index (χ0v) is 12.2. The summed E-state index contributed by atoms with van der Waals surface area (Å²) in [5.41, 5.74) is 8.58. The Morgan fingerprint density at radius 1 is 1.44 bits per heavy atom. The van der Waals surface area contributed by atoms with E-state index in [1.165, 1.54) is 30.5 Å². The fraction of sp³-hybridized carbons (Fsp3) is 0.600. The van der Waals surface area contributed by atoms with E-state index in [4.69, 9.17) is 5.73 Å². The molecule has 1 aromatic carbocycles. The summed E-state index contributed by atoms with van der Waals surface area (Å²) >= 11 is 0. The molecule has 0 radical (unpaired) electrons. The summed E-state index contributed by atoms with van der Waals surface area (Å²) in [6.07, 6.45) is 2.59. The van der Waals surface area contributed by atoms with Gasteiger partial charge in [-0.2, -0.15) is 0 Å². The zero-order valence-electron chi connectivity index (χ0n) is 11.4. The normalized spacial score (nSPS) is 22.3. The summed E-state index contributed by atoms with van der Waals surface area (Å²) < 4.78 is 0. The second kappa shape index (κ2) is 7.13. The molecule has 2 atom stereocenters. The van der Waals surface area contributed by atoms with Gasteiger partial charge in [-0.05, 0) is 51.3 Å². The minimum Gasteiger partial charge on any atom is -0.330 e. The molecule has 0 spiro atoms. The van der Waals surface area contributed by atoms with Crippen LogP contribution in [-0.2, 0) is 0 Å². The van der Waals surface area contributed by atoms with Crippen molar-refractivity contribution in [2.75, 3.05) is 19.6 Å². The molecule has 0 bridgehead atoms. The molecule has 1 heterocycles. The van der Waals surface area contributed by atoms with Crippen LogP contribution in [0.3, 0.4) is 0 Å². The smallest absolute Gasteiger partial charge is 0.0320 e. The SMILES string of the molecule is Cc1cccc(C(C)N2CCCC(CN)C2)c1.Cl. The molecule has 1 aliphatic heterocycles. The van der Waals surface area contributed by atoms with E-state index in [1.54, 1.807) is 0 Å². The van der Waals surface area contributed by atoms with Crippen molar-refractivity contribution >= 4 is 12.4 Å². The number of aryl methyl sites for hydroxylation is 1. The van der Waals surface area contributed by atoms with Crippen LogP contribution in [0.5, 0.6) is 0 Å². The largest absolute Gasteiger partial charge is 0.330 e. The zero-order chi connectivity index (χ0) is 12.3. The van der Waals surface area contributed by atoms with Gasteiger partial charge in [0.2, 0.25) is 0 Å². The third-order valence-corrected chi connectivity index (χ3v) is 3.96. The first-order chi connectivity index (χ1) is 8.20. The lowest BCUT2D eigenvalue weighted by Crippen LogP contribution is -2.39. The number of halogens is 1. The molecule has 1 fully saturated rings. The van der Waals surface area contributed by atoms with Gasteiger partial charge in [0.25, 0.3) is 0 Å². The van der Waals surface area contributed by atoms with Crippen LogP contribution in [0.25, 0.3) is 0 Å². The Morgan fingerprint density at radius 3 is 2.89 bits per heavy atom. The Balaban J connectivity index is 0.00000162. The molecule has 1 aromatic rings. The van der Waals surface area contributed by atoms with Crippen LogP contribution in [0.15, 0.2) is 24.3 Å². The quantitative estimate of drug-likeness (QED) is 0.913. The lowest BCUT2D eigenvalue weighted by Gasteiger charge is -2.36. The van der Waals surface area contributed by atoms with Gasteiger partial charge in [-0.25, -0.2) is 0 Å². The van der Waals surface area contributed by atoms with Gasteiger partial charge < -0.3 is 5.73 Å². The summed E-state index contributed by atoms with van der Waals surface area (Å²) in [7, 11) is 0. The Kier molecular flexibility index (Phi) is 6.13. The molecule has 0 amide bonds. The minimum atomic E-state index is 0. The van der Waals surface area contributed by atoms with Gasteiger partial charge in [0.15, 0.2) is 0 Å². The molecule has 0 aromatic heterocycles. The van der Waals surface area contributed by atoms with Crippen molar-refractivity contribution in [2.24, 2.45) is 11.7 Å². The van der Waals surface area contributed by atoms with E-state index < -0.39 is 0 Å². The number of piperidine rings is 1. The number of hydrogen-bond acceptors (Lipinski definition) is 2. The standard InChI is InChI=1S/C15H24N2.ClH/c1-12-5-3-7-15(9-12)13(2)17-8-4-6-14(10-16)11-17;/h3,5,7,9,13-14H,4,6,8,10-11,16H2,1-2H3;1H. The first kappa shape index (κ1) is 15.5. The first-order valence-corrected chi connectivity index (χ1v) is 6.71. The van der Waals surface area contributed by atoms with Crippen molar-refractivity contribution in [3.05, 3.63) is 35.4 Å². The van der Waals surface area contributed by atoms with Gasteiger partial charge in [-0.1, -0.05) is 29.8 Å². The summed E-state index contributed by atoms with van der Waals surface area (Å²) in [6.45, 7) is 7.68. The maximum atomic E-state index is 5.80. The maximum Gasteiger partial charge on any atom is 0.0320 e. The highest BCUT2D eigenvalue weighted by Crippen LogP contribution is 2.26. The van der Waals surface area contributed by atoms with Gasteiger partial charge in [-0.3, -0.25) is 4.90 Å². The Morgan fingerprint density at radius 2 is 2.22 bits per heavy atom. The molecular formula is C15H25ClN2. The lowest BCUT2D eigenvalue weighted by atomic mass is 9.95. The van der Waals surface area contributed by atoms with Crippen molar-refractivity contribution in [3.63, 3.8) is 0 Å². The molecule has 1 saturated heterocycles. The predicted octanol–water partition coefficient (Wildman–Crippen LogP) is 3.15. The second-order valence-electron chi connectivity index (χ2n) is 5.33. The number of likely N-dealkylation sites (tertiary alicyclic amines) is 1. The van der Waals surface area contributed by atoms with Crippen molar-refractivity contribution < 1.29 is 0 Å². The van der Waals surface area contributed by atoms with Crippen molar-refractivity contribution in [3.8, 4) is 0 Å². The summed E-state index contributed by atoms with van der Waals surface area (Å²) in [4.78, 5) is 2.58. The highest BCUT2D eigenvalue weighted by Gasteiger charge is 2.23. The molecule has 2 unspecified atom stereocenters. The first-order valence-electron chi connectivity index (χ1n) is 6.71. The van der Waals surface area contributed by atoms with E-state index in [2.05, 4.69) is 43.0 Å². The van der Waals surface area contributed by atoms with Crippen molar-refractivity contribution in [2.45, 2.75) is 32.7 Å². The van der Waals surface area contributed by atoms with Crippen LogP contribution < -0.4 is 5.73 Å². The summed E-state index contributed by atoms with van der Waals surface area (Å²) in [6, 6.07) is 9.38. The number of rotatable bonds is 3. The highest BCUT2D eigenvalue weighted by atomic mass is 35.5. The van der Waals surface area contributed by atoms with Gasteiger partial charge in [0.1, 0.15) is 0 Å². The molecule has 2 nitrogen and oxygen atoms in total. The molecular weight excluding hydrogens is 244 g/mol. The molecule has 0 saturated carbocycles.